The Bertz CT molecular complexity index is 1100. The van der Waals surface area contributed by atoms with Crippen molar-refractivity contribution < 1.29 is 14.3 Å². The fourth-order valence-electron chi connectivity index (χ4n) is 5.21. The van der Waals surface area contributed by atoms with Crippen LogP contribution in [0.2, 0.25) is 0 Å². The largest absolute Gasteiger partial charge is 0.482 e. The number of rotatable bonds is 6. The van der Waals surface area contributed by atoms with Crippen LogP contribution in [0.25, 0.3) is 0 Å². The number of allylic oxidation sites excluding steroid dienone is 3. The summed E-state index contributed by atoms with van der Waals surface area (Å²) in [5.41, 5.74) is 1.46. The van der Waals surface area contributed by atoms with E-state index in [9.17, 15) is 4.79 Å². The van der Waals surface area contributed by atoms with Crippen LogP contribution >= 0.6 is 0 Å². The molecular formula is C28H30NO3S+. The highest BCUT2D eigenvalue weighted by molar-refractivity contribution is 7.98. The van der Waals surface area contributed by atoms with Crippen LogP contribution in [0, 0.1) is 11.3 Å². The molecule has 5 rings (SSSR count). The van der Waals surface area contributed by atoms with Crippen molar-refractivity contribution in [3.05, 3.63) is 78.4 Å². The molecular weight excluding hydrogens is 430 g/mol. The fourth-order valence-corrected chi connectivity index (χ4v) is 7.91. The Morgan fingerprint density at radius 2 is 1.79 bits per heavy atom. The molecule has 0 radical (unpaired) electrons. The smallest absolute Gasteiger partial charge is 0.344 e. The Morgan fingerprint density at radius 1 is 1.06 bits per heavy atom. The summed E-state index contributed by atoms with van der Waals surface area (Å²) >= 11 is 0. The first-order valence-corrected chi connectivity index (χ1v) is 13.1. The van der Waals surface area contributed by atoms with E-state index in [0.29, 0.717) is 11.5 Å². The zero-order chi connectivity index (χ0) is 22.8. The summed E-state index contributed by atoms with van der Waals surface area (Å²) in [5, 5.41) is 8.99. The van der Waals surface area contributed by atoms with Gasteiger partial charge in [0.15, 0.2) is 21.6 Å². The first kappa shape index (κ1) is 22.0. The van der Waals surface area contributed by atoms with Crippen molar-refractivity contribution in [2.24, 2.45) is 5.92 Å². The number of hydrogen-bond donors (Lipinski definition) is 1. The van der Waals surface area contributed by atoms with Gasteiger partial charge in [-0.05, 0) is 74.6 Å². The van der Waals surface area contributed by atoms with Gasteiger partial charge in [-0.15, -0.1) is 0 Å². The van der Waals surface area contributed by atoms with E-state index < -0.39 is 0 Å². The van der Waals surface area contributed by atoms with Crippen molar-refractivity contribution in [1.29, 1.82) is 5.41 Å². The lowest BCUT2D eigenvalue weighted by molar-refractivity contribution is -0.162. The second-order valence-corrected chi connectivity index (χ2v) is 11.1. The van der Waals surface area contributed by atoms with E-state index in [1.165, 1.54) is 9.79 Å². The van der Waals surface area contributed by atoms with Gasteiger partial charge in [0.2, 0.25) is 0 Å². The molecule has 0 amide bonds. The highest BCUT2D eigenvalue weighted by atomic mass is 32.2. The number of ether oxygens (including phenoxy) is 2. The number of esters is 1. The molecule has 2 aromatic rings. The minimum Gasteiger partial charge on any atom is -0.482 e. The van der Waals surface area contributed by atoms with E-state index in [1.807, 2.05) is 18.2 Å². The number of nitrogens with one attached hydrogen (secondary N) is 1. The van der Waals surface area contributed by atoms with Crippen LogP contribution < -0.4 is 4.74 Å². The van der Waals surface area contributed by atoms with Crippen molar-refractivity contribution in [2.45, 2.75) is 59.7 Å². The van der Waals surface area contributed by atoms with E-state index in [-0.39, 0.29) is 40.2 Å². The number of hydrogen-bond acceptors (Lipinski definition) is 4. The van der Waals surface area contributed by atoms with E-state index >= 15 is 0 Å². The molecule has 0 saturated heterocycles. The molecule has 2 aliphatic carbocycles. The van der Waals surface area contributed by atoms with Crippen molar-refractivity contribution in [3.8, 4) is 5.75 Å². The molecule has 3 aliphatic rings. The first-order valence-electron chi connectivity index (χ1n) is 11.8. The van der Waals surface area contributed by atoms with Crippen molar-refractivity contribution >= 4 is 22.6 Å². The van der Waals surface area contributed by atoms with E-state index in [1.54, 1.807) is 0 Å². The number of fused-ring (bicyclic) bond motifs is 2. The molecule has 5 heteroatoms. The van der Waals surface area contributed by atoms with Gasteiger partial charge in [0, 0.05) is 0 Å². The molecule has 1 saturated carbocycles. The molecule has 4 nitrogen and oxygen atoms in total. The minimum atomic E-state index is -0.286. The lowest BCUT2D eigenvalue weighted by Gasteiger charge is -2.30. The van der Waals surface area contributed by atoms with Crippen molar-refractivity contribution in [2.75, 3.05) is 6.61 Å². The van der Waals surface area contributed by atoms with Crippen LogP contribution in [-0.4, -0.2) is 29.1 Å². The van der Waals surface area contributed by atoms with Gasteiger partial charge in [-0.1, -0.05) is 37.3 Å². The molecule has 0 bridgehead atoms. The Kier molecular flexibility index (Phi) is 6.15. The second kappa shape index (κ2) is 9.22. The lowest BCUT2D eigenvalue weighted by Crippen LogP contribution is -2.39. The van der Waals surface area contributed by atoms with Gasteiger partial charge >= 0.3 is 5.97 Å². The normalized spacial score (nSPS) is 24.8. The highest BCUT2D eigenvalue weighted by Gasteiger charge is 2.47. The molecule has 170 valence electrons. The molecule has 1 fully saturated rings. The predicted octanol–water partition coefficient (Wildman–Crippen LogP) is 5.86. The maximum absolute atomic E-state index is 12.4. The average Bonchev–Trinajstić information content (AvgIpc) is 3.32. The zero-order valence-corrected chi connectivity index (χ0v) is 19.8. The summed E-state index contributed by atoms with van der Waals surface area (Å²) in [6.07, 6.45) is 13.6. The van der Waals surface area contributed by atoms with Crippen LogP contribution in [0.15, 0.2) is 82.6 Å². The molecule has 1 aliphatic heterocycles. The van der Waals surface area contributed by atoms with Gasteiger partial charge in [-0.2, -0.15) is 0 Å². The summed E-state index contributed by atoms with van der Waals surface area (Å²) < 4.78 is 11.6. The monoisotopic (exact) mass is 460 g/mol. The van der Waals surface area contributed by atoms with Crippen LogP contribution in [0.1, 0.15) is 44.6 Å². The fraction of sp³-hybridized carbons (Fsp3) is 0.357. The van der Waals surface area contributed by atoms with Gasteiger partial charge in [0.05, 0.1) is 28.1 Å². The molecule has 0 aromatic heterocycles. The summed E-state index contributed by atoms with van der Waals surface area (Å²) in [7, 11) is -0.178. The SMILES string of the molecule is CCC1(OC(=O)COc2ccc([S+]3c4ccccc4C(=N)C4C=CC=CC43)cc2)CCCC1. The summed E-state index contributed by atoms with van der Waals surface area (Å²) in [6.45, 7) is 2.02. The number of carbonyl (C=O) groups excluding carboxylic acids is 1. The highest BCUT2D eigenvalue weighted by Crippen LogP contribution is 2.42. The Hall–Kier alpha value is -2.79. The van der Waals surface area contributed by atoms with Gasteiger partial charge in [-0.3, -0.25) is 0 Å². The summed E-state index contributed by atoms with van der Waals surface area (Å²) in [4.78, 5) is 14.8. The van der Waals surface area contributed by atoms with Gasteiger partial charge < -0.3 is 14.9 Å². The zero-order valence-electron chi connectivity index (χ0n) is 19.0. The topological polar surface area (TPSA) is 59.4 Å². The molecule has 0 spiro atoms. The van der Waals surface area contributed by atoms with Crippen LogP contribution in [0.5, 0.6) is 5.75 Å². The van der Waals surface area contributed by atoms with Crippen LogP contribution in [0.3, 0.4) is 0 Å². The Morgan fingerprint density at radius 3 is 2.55 bits per heavy atom. The van der Waals surface area contributed by atoms with Crippen molar-refractivity contribution in [1.82, 2.24) is 0 Å². The summed E-state index contributed by atoms with van der Waals surface area (Å²) in [6, 6.07) is 16.4. The quantitative estimate of drug-likeness (QED) is 0.434. The molecule has 1 N–H and O–H groups in total. The number of carbonyl (C=O) groups is 1. The maximum Gasteiger partial charge on any atom is 0.344 e. The molecule has 2 aromatic carbocycles. The van der Waals surface area contributed by atoms with Crippen molar-refractivity contribution in [3.63, 3.8) is 0 Å². The lowest BCUT2D eigenvalue weighted by atomic mass is 9.90. The van der Waals surface area contributed by atoms with E-state index in [0.717, 1.165) is 37.7 Å². The third-order valence-electron chi connectivity index (χ3n) is 7.03. The molecule has 33 heavy (non-hydrogen) atoms. The van der Waals surface area contributed by atoms with E-state index in [2.05, 4.69) is 61.6 Å². The number of benzene rings is 2. The maximum atomic E-state index is 12.4. The van der Waals surface area contributed by atoms with Gasteiger partial charge in [-0.25, -0.2) is 4.79 Å². The van der Waals surface area contributed by atoms with Gasteiger partial charge in [0.25, 0.3) is 0 Å². The van der Waals surface area contributed by atoms with Crippen LogP contribution in [0.4, 0.5) is 0 Å². The third-order valence-corrected chi connectivity index (χ3v) is 9.63. The third kappa shape index (κ3) is 4.26. The average molecular weight is 461 g/mol. The molecule has 1 heterocycles. The van der Waals surface area contributed by atoms with E-state index in [4.69, 9.17) is 14.9 Å². The Balaban J connectivity index is 1.31. The minimum absolute atomic E-state index is 0.0644. The second-order valence-electron chi connectivity index (χ2n) is 8.99. The molecule has 3 unspecified atom stereocenters. The molecule has 3 atom stereocenters. The summed E-state index contributed by atoms with van der Waals surface area (Å²) in [5.74, 6) is 0.483. The van der Waals surface area contributed by atoms with Crippen LogP contribution in [-0.2, 0) is 20.4 Å². The first-order chi connectivity index (χ1) is 16.1. The van der Waals surface area contributed by atoms with Gasteiger partial charge in [0.1, 0.15) is 11.4 Å². The Labute approximate surface area is 198 Å². The standard InChI is InChI=1S/C28H30NO3S/c1-2-28(17-7-8-18-28)32-26(30)19-31-20-13-15-21(16-14-20)33-24-11-5-3-9-22(24)27(29)23-10-4-6-12-25(23)33/h3-6,9-16,22,24,29H,2,7-8,17-19H2,1H3/q+1. The predicted molar refractivity (Wildman–Crippen MR) is 132 cm³/mol.